The Morgan fingerprint density at radius 1 is 0.440 bits per heavy atom. The third-order valence-electron chi connectivity index (χ3n) is 8.86. The van der Waals surface area contributed by atoms with E-state index in [4.69, 9.17) is 0 Å². The van der Waals surface area contributed by atoms with Crippen LogP contribution in [0.5, 0.6) is 0 Å². The van der Waals surface area contributed by atoms with Crippen LogP contribution in [0.15, 0.2) is 146 Å². The molecular weight excluding hydrogens is 814 g/mol. The van der Waals surface area contributed by atoms with Gasteiger partial charge in [0.25, 0.3) is 0 Å². The molecule has 0 N–H and O–H groups in total. The molecule has 0 aromatic heterocycles. The summed E-state index contributed by atoms with van der Waals surface area (Å²) in [4.78, 5) is 0. The van der Waals surface area contributed by atoms with Gasteiger partial charge in [0.1, 0.15) is 0 Å². The van der Waals surface area contributed by atoms with Crippen molar-refractivity contribution < 1.29 is 25.8 Å². The van der Waals surface area contributed by atoms with E-state index >= 15 is 0 Å². The Morgan fingerprint density at radius 3 is 1.14 bits per heavy atom. The summed E-state index contributed by atoms with van der Waals surface area (Å²) >= 11 is 0. The fourth-order valence-electron chi connectivity index (χ4n) is 6.85. The summed E-state index contributed by atoms with van der Waals surface area (Å²) in [6, 6.07) is 53.2. The van der Waals surface area contributed by atoms with Gasteiger partial charge in [-0.2, -0.15) is 12.1 Å². The molecule has 0 aliphatic carbocycles. The molecule has 8 aromatic rings. The molecular formula is C47H46Cl2Hf. The molecule has 0 fully saturated rings. The van der Waals surface area contributed by atoms with Gasteiger partial charge in [-0.1, -0.05) is 135 Å². The van der Waals surface area contributed by atoms with Crippen molar-refractivity contribution in [2.24, 2.45) is 0 Å². The summed E-state index contributed by atoms with van der Waals surface area (Å²) in [6.07, 6.45) is 5.45. The normalized spacial score (nSPS) is 10.3. The van der Waals surface area contributed by atoms with Gasteiger partial charge in [0.15, 0.2) is 0 Å². The number of benzene rings is 6. The second-order valence-corrected chi connectivity index (χ2v) is 12.3. The molecule has 0 bridgehead atoms. The van der Waals surface area contributed by atoms with E-state index in [1.165, 1.54) is 89.3 Å². The van der Waals surface area contributed by atoms with Crippen molar-refractivity contribution >= 4 is 67.9 Å². The number of fused-ring (bicyclic) bond motifs is 4. The van der Waals surface area contributed by atoms with Gasteiger partial charge in [-0.25, -0.2) is 0 Å². The molecule has 50 heavy (non-hydrogen) atoms. The first-order valence-corrected chi connectivity index (χ1v) is 17.1. The first-order valence-electron chi connectivity index (χ1n) is 17.1. The van der Waals surface area contributed by atoms with Crippen LogP contribution < -0.4 is 0 Å². The van der Waals surface area contributed by atoms with Gasteiger partial charge in [-0.3, -0.25) is 0 Å². The fraction of sp³-hybridized carbons (Fsp3) is 0.149. The number of rotatable bonds is 6. The summed E-state index contributed by atoms with van der Waals surface area (Å²) in [5.41, 5.74) is 8.25. The molecule has 0 aliphatic heterocycles. The Morgan fingerprint density at radius 2 is 0.760 bits per heavy atom. The van der Waals surface area contributed by atoms with Gasteiger partial charge < -0.3 is 20.3 Å². The smallest absolute Gasteiger partial charge is 0.372 e. The summed E-state index contributed by atoms with van der Waals surface area (Å²) in [5, 5.41) is 10.7. The van der Waals surface area contributed by atoms with Crippen LogP contribution in [-0.4, -0.2) is 0 Å². The molecule has 0 heterocycles. The zero-order valence-corrected chi connectivity index (χ0v) is 34.3. The van der Waals surface area contributed by atoms with Gasteiger partial charge >= 0.3 is 25.8 Å². The summed E-state index contributed by atoms with van der Waals surface area (Å²) in [7, 11) is 0. The number of hydrogen-bond donors (Lipinski definition) is 0. The zero-order valence-electron chi connectivity index (χ0n) is 29.1. The van der Waals surface area contributed by atoms with Gasteiger partial charge in [0.05, 0.1) is 0 Å². The topological polar surface area (TPSA) is 0 Å². The molecule has 0 unspecified atom stereocenters. The molecule has 0 amide bonds. The molecule has 0 saturated heterocycles. The summed E-state index contributed by atoms with van der Waals surface area (Å²) in [5.74, 6) is 0. The fourth-order valence-corrected chi connectivity index (χ4v) is 6.85. The minimum Gasteiger partial charge on any atom is -0.372 e. The van der Waals surface area contributed by atoms with Gasteiger partial charge in [-0.05, 0) is 45.5 Å². The van der Waals surface area contributed by atoms with E-state index in [1.807, 2.05) is 0 Å². The maximum absolute atomic E-state index is 3.38. The first-order chi connectivity index (χ1) is 23.1. The Kier molecular flexibility index (Phi) is 16.2. The maximum atomic E-state index is 3.38. The Labute approximate surface area is 330 Å². The van der Waals surface area contributed by atoms with Crippen molar-refractivity contribution in [2.45, 2.75) is 46.0 Å². The molecule has 0 aliphatic rings. The second-order valence-electron chi connectivity index (χ2n) is 12.3. The Balaban J connectivity index is 0.000000238. The van der Waals surface area contributed by atoms with Crippen molar-refractivity contribution in [2.75, 3.05) is 0 Å². The minimum absolute atomic E-state index is 0. The molecule has 0 atom stereocenters. The van der Waals surface area contributed by atoms with Crippen LogP contribution in [0.2, 0.25) is 0 Å². The Hall–Kier alpha value is -3.49. The molecule has 8 aromatic carbocycles. The zero-order chi connectivity index (χ0) is 32.6. The van der Waals surface area contributed by atoms with Crippen LogP contribution in [0.3, 0.4) is 0 Å². The molecule has 252 valence electrons. The molecule has 0 saturated carbocycles. The van der Waals surface area contributed by atoms with E-state index in [0.29, 0.717) is 0 Å². The van der Waals surface area contributed by atoms with Gasteiger partial charge in [-0.15, -0.1) is 93.9 Å². The molecule has 8 rings (SSSR count). The van der Waals surface area contributed by atoms with Gasteiger partial charge in [0, 0.05) is 0 Å². The van der Waals surface area contributed by atoms with E-state index in [1.54, 1.807) is 0 Å². The average molecular weight is 860 g/mol. The predicted molar refractivity (Wildman–Crippen MR) is 223 cm³/mol. The van der Waals surface area contributed by atoms with Crippen molar-refractivity contribution in [3.63, 3.8) is 0 Å². The van der Waals surface area contributed by atoms with Crippen LogP contribution in [0.1, 0.15) is 44.2 Å². The summed E-state index contributed by atoms with van der Waals surface area (Å²) in [6.45, 7) is 11.2. The summed E-state index contributed by atoms with van der Waals surface area (Å²) < 4.78 is 0. The second kappa shape index (κ2) is 19.8. The van der Waals surface area contributed by atoms with Gasteiger partial charge in [0.2, 0.25) is 0 Å². The largest absolute Gasteiger partial charge is 4.00 e. The molecule has 0 radical (unpaired) electrons. The van der Waals surface area contributed by atoms with E-state index in [9.17, 15) is 0 Å². The quantitative estimate of drug-likeness (QED) is 0.115. The van der Waals surface area contributed by atoms with E-state index in [0.717, 1.165) is 19.3 Å². The third-order valence-corrected chi connectivity index (χ3v) is 8.86. The van der Waals surface area contributed by atoms with Crippen LogP contribution in [0.25, 0.3) is 65.3 Å². The van der Waals surface area contributed by atoms with Crippen LogP contribution >= 0.6 is 24.8 Å². The number of hydrogen-bond acceptors (Lipinski definition) is 0. The van der Waals surface area contributed by atoms with Crippen molar-refractivity contribution in [3.05, 3.63) is 171 Å². The Bertz CT molecular complexity index is 2070. The van der Waals surface area contributed by atoms with Crippen molar-refractivity contribution in [3.8, 4) is 22.3 Å². The van der Waals surface area contributed by atoms with E-state index in [2.05, 4.69) is 173 Å². The molecule has 0 nitrogen and oxygen atoms in total. The molecule has 3 heteroatoms. The average Bonchev–Trinajstić information content (AvgIpc) is 3.72. The van der Waals surface area contributed by atoms with Crippen LogP contribution in [0.4, 0.5) is 0 Å². The number of halogens is 2. The number of aryl methyl sites for hydroxylation is 2. The predicted octanol–water partition coefficient (Wildman–Crippen LogP) is 14.5. The van der Waals surface area contributed by atoms with E-state index in [-0.39, 0.29) is 50.7 Å². The first kappa shape index (κ1) is 40.9. The van der Waals surface area contributed by atoms with Crippen molar-refractivity contribution in [1.82, 2.24) is 0 Å². The van der Waals surface area contributed by atoms with E-state index < -0.39 is 0 Å². The van der Waals surface area contributed by atoms with Crippen LogP contribution in [0, 0.1) is 13.8 Å². The standard InChI is InChI=1S/2C22H19.C3H6.2ClH.Hf/c2*1-2-7-16-14-18-10-6-13-21(22(18)15-16)20-12-5-9-17-8-3-4-11-19(17)20;1-3-2;;;/h2*3-6,8-15H,2,7H2,1H3;1-3H2;2*1H;/q2*-1;-2;;;+4. The maximum Gasteiger partial charge on any atom is 4.00 e. The SMILES string of the molecule is CCCc1cc2c(-c3cccc4ccccc34)cccc2[cH-]1.CCCc1cc2c(-c3cccc4ccccc34)cccc2[cH-]1.Cl.Cl.[CH2-]C[CH2-].[Hf+4]. The third kappa shape index (κ3) is 9.05. The van der Waals surface area contributed by atoms with Crippen molar-refractivity contribution in [1.29, 1.82) is 0 Å². The van der Waals surface area contributed by atoms with Crippen LogP contribution in [-0.2, 0) is 38.7 Å². The molecule has 0 spiro atoms. The minimum atomic E-state index is 0. The monoisotopic (exact) mass is 860 g/mol.